The minimum Gasteiger partial charge on any atom is -0.479 e. The average Bonchev–Trinajstić information content (AvgIpc) is 2.76. The van der Waals surface area contributed by atoms with E-state index in [1.54, 1.807) is 20.8 Å². The molecule has 1 saturated heterocycles. The standard InChI is InChI=1S/C15H20N2O6/c1-14(2,3)23-13(22)16-8-4-7-15(9-16,12(20)21)17-10(18)5-6-11(17)19/h5-6H,4,7-9H2,1-3H3,(H,20,21). The number of imide groups is 1. The fourth-order valence-corrected chi connectivity index (χ4v) is 2.79. The zero-order valence-corrected chi connectivity index (χ0v) is 13.4. The minimum atomic E-state index is -1.76. The maximum absolute atomic E-state index is 12.2. The van der Waals surface area contributed by atoms with Crippen molar-refractivity contribution < 1.29 is 29.0 Å². The third kappa shape index (κ3) is 3.20. The van der Waals surface area contributed by atoms with Gasteiger partial charge in [0, 0.05) is 18.7 Å². The van der Waals surface area contributed by atoms with Crippen molar-refractivity contribution in [2.45, 2.75) is 44.8 Å². The van der Waals surface area contributed by atoms with E-state index in [2.05, 4.69) is 0 Å². The quantitative estimate of drug-likeness (QED) is 0.752. The van der Waals surface area contributed by atoms with Crippen molar-refractivity contribution in [2.75, 3.05) is 13.1 Å². The molecular formula is C15H20N2O6. The topological polar surface area (TPSA) is 104 Å². The first kappa shape index (κ1) is 17.0. The molecule has 2 rings (SSSR count). The molecule has 0 radical (unpaired) electrons. The Morgan fingerprint density at radius 3 is 2.26 bits per heavy atom. The van der Waals surface area contributed by atoms with E-state index < -0.39 is 35.0 Å². The second kappa shape index (κ2) is 5.68. The van der Waals surface area contributed by atoms with Crippen LogP contribution >= 0.6 is 0 Å². The van der Waals surface area contributed by atoms with Gasteiger partial charge < -0.3 is 14.7 Å². The summed E-state index contributed by atoms with van der Waals surface area (Å²) in [6, 6.07) is 0. The van der Waals surface area contributed by atoms with Crippen molar-refractivity contribution in [2.24, 2.45) is 0 Å². The highest BCUT2D eigenvalue weighted by atomic mass is 16.6. The second-order valence-corrected chi connectivity index (χ2v) is 6.69. The lowest BCUT2D eigenvalue weighted by atomic mass is 9.87. The number of nitrogens with zero attached hydrogens (tertiary/aromatic N) is 2. The van der Waals surface area contributed by atoms with Crippen molar-refractivity contribution in [3.05, 3.63) is 12.2 Å². The summed E-state index contributed by atoms with van der Waals surface area (Å²) in [5, 5.41) is 9.66. The Labute approximate surface area is 133 Å². The van der Waals surface area contributed by atoms with Crippen LogP contribution in [0.5, 0.6) is 0 Å². The van der Waals surface area contributed by atoms with Crippen LogP contribution in [-0.2, 0) is 19.1 Å². The molecule has 0 aromatic carbocycles. The Kier molecular flexibility index (Phi) is 4.19. The average molecular weight is 324 g/mol. The summed E-state index contributed by atoms with van der Waals surface area (Å²) in [4.78, 5) is 49.9. The van der Waals surface area contributed by atoms with E-state index in [1.165, 1.54) is 4.90 Å². The van der Waals surface area contributed by atoms with Crippen LogP contribution in [0.3, 0.4) is 0 Å². The van der Waals surface area contributed by atoms with Crippen molar-refractivity contribution in [3.8, 4) is 0 Å². The molecule has 23 heavy (non-hydrogen) atoms. The first-order valence-electron chi connectivity index (χ1n) is 7.34. The third-order valence-electron chi connectivity index (χ3n) is 3.76. The van der Waals surface area contributed by atoms with E-state index >= 15 is 0 Å². The molecule has 2 heterocycles. The first-order chi connectivity index (χ1) is 10.6. The number of ether oxygens (including phenoxy) is 1. The normalized spacial score (nSPS) is 25.0. The Morgan fingerprint density at radius 1 is 1.22 bits per heavy atom. The van der Waals surface area contributed by atoms with Crippen molar-refractivity contribution >= 4 is 23.9 Å². The second-order valence-electron chi connectivity index (χ2n) is 6.69. The summed E-state index contributed by atoms with van der Waals surface area (Å²) in [6.45, 7) is 5.15. The van der Waals surface area contributed by atoms with Gasteiger partial charge in [-0.05, 0) is 33.6 Å². The minimum absolute atomic E-state index is 0.0980. The van der Waals surface area contributed by atoms with Gasteiger partial charge in [-0.3, -0.25) is 14.5 Å². The summed E-state index contributed by atoms with van der Waals surface area (Å²) >= 11 is 0. The van der Waals surface area contributed by atoms with Crippen LogP contribution in [0.15, 0.2) is 12.2 Å². The number of carbonyl (C=O) groups excluding carboxylic acids is 3. The van der Waals surface area contributed by atoms with E-state index in [9.17, 15) is 24.3 Å². The Morgan fingerprint density at radius 2 is 1.78 bits per heavy atom. The number of rotatable bonds is 2. The number of carboxylic acid groups (broad SMARTS) is 1. The molecule has 0 spiro atoms. The van der Waals surface area contributed by atoms with Crippen LogP contribution in [-0.4, -0.2) is 63.0 Å². The number of carboxylic acids is 1. The molecule has 2 aliphatic rings. The maximum atomic E-state index is 12.2. The number of hydrogen-bond donors (Lipinski definition) is 1. The molecule has 2 aliphatic heterocycles. The van der Waals surface area contributed by atoms with E-state index in [0.717, 1.165) is 17.1 Å². The van der Waals surface area contributed by atoms with Crippen molar-refractivity contribution in [1.29, 1.82) is 0 Å². The first-order valence-corrected chi connectivity index (χ1v) is 7.34. The number of carbonyl (C=O) groups is 4. The Bertz CT molecular complexity index is 573. The molecule has 0 aliphatic carbocycles. The summed E-state index contributed by atoms with van der Waals surface area (Å²) < 4.78 is 5.26. The zero-order valence-electron chi connectivity index (χ0n) is 13.4. The predicted molar refractivity (Wildman–Crippen MR) is 78.4 cm³/mol. The van der Waals surface area contributed by atoms with Crippen LogP contribution in [0, 0.1) is 0 Å². The van der Waals surface area contributed by atoms with Crippen molar-refractivity contribution in [1.82, 2.24) is 9.80 Å². The van der Waals surface area contributed by atoms with E-state index in [-0.39, 0.29) is 13.0 Å². The highest BCUT2D eigenvalue weighted by molar-refractivity contribution is 6.15. The van der Waals surface area contributed by atoms with Gasteiger partial charge in [0.05, 0.1) is 6.54 Å². The van der Waals surface area contributed by atoms with Gasteiger partial charge in [-0.15, -0.1) is 0 Å². The molecule has 1 N–H and O–H groups in total. The van der Waals surface area contributed by atoms with Gasteiger partial charge in [-0.2, -0.15) is 0 Å². The number of aliphatic carboxylic acids is 1. The van der Waals surface area contributed by atoms with Gasteiger partial charge in [0.2, 0.25) is 0 Å². The molecule has 1 fully saturated rings. The summed E-state index contributed by atoms with van der Waals surface area (Å²) in [5.74, 6) is -2.66. The fraction of sp³-hybridized carbons (Fsp3) is 0.600. The number of hydrogen-bond acceptors (Lipinski definition) is 5. The highest BCUT2D eigenvalue weighted by Gasteiger charge is 2.53. The van der Waals surface area contributed by atoms with Crippen LogP contribution in [0.4, 0.5) is 4.79 Å². The molecule has 8 nitrogen and oxygen atoms in total. The van der Waals surface area contributed by atoms with Crippen molar-refractivity contribution in [3.63, 3.8) is 0 Å². The van der Waals surface area contributed by atoms with E-state index in [4.69, 9.17) is 4.74 Å². The van der Waals surface area contributed by atoms with Crippen LogP contribution < -0.4 is 0 Å². The Balaban J connectivity index is 2.27. The lowest BCUT2D eigenvalue weighted by molar-refractivity contribution is -0.165. The summed E-state index contributed by atoms with van der Waals surface area (Å²) in [7, 11) is 0. The predicted octanol–water partition coefficient (Wildman–Crippen LogP) is 0.766. The lowest BCUT2D eigenvalue weighted by Gasteiger charge is -2.44. The maximum Gasteiger partial charge on any atom is 0.410 e. The molecule has 8 heteroatoms. The smallest absolute Gasteiger partial charge is 0.410 e. The van der Waals surface area contributed by atoms with Gasteiger partial charge in [0.15, 0.2) is 5.54 Å². The number of amides is 3. The monoisotopic (exact) mass is 324 g/mol. The molecule has 0 saturated carbocycles. The number of piperidine rings is 1. The fourth-order valence-electron chi connectivity index (χ4n) is 2.79. The van der Waals surface area contributed by atoms with E-state index in [0.29, 0.717) is 13.0 Å². The molecule has 126 valence electrons. The third-order valence-corrected chi connectivity index (χ3v) is 3.76. The molecule has 0 aromatic rings. The van der Waals surface area contributed by atoms with Crippen LogP contribution in [0.1, 0.15) is 33.6 Å². The molecule has 3 amide bonds. The summed E-state index contributed by atoms with van der Waals surface area (Å²) in [5.41, 5.74) is -2.48. The molecule has 1 unspecified atom stereocenters. The van der Waals surface area contributed by atoms with Crippen LogP contribution in [0.2, 0.25) is 0 Å². The van der Waals surface area contributed by atoms with E-state index in [1.807, 2.05) is 0 Å². The lowest BCUT2D eigenvalue weighted by Crippen LogP contribution is -2.65. The van der Waals surface area contributed by atoms with Crippen LogP contribution in [0.25, 0.3) is 0 Å². The zero-order chi connectivity index (χ0) is 17.4. The SMILES string of the molecule is CC(C)(C)OC(=O)N1CCCC(C(=O)O)(N2C(=O)C=CC2=O)C1. The highest BCUT2D eigenvalue weighted by Crippen LogP contribution is 2.31. The van der Waals surface area contributed by atoms with Gasteiger partial charge in [0.25, 0.3) is 11.8 Å². The number of likely N-dealkylation sites (tertiary alicyclic amines) is 1. The largest absolute Gasteiger partial charge is 0.479 e. The molecular weight excluding hydrogens is 304 g/mol. The van der Waals surface area contributed by atoms with Gasteiger partial charge in [-0.25, -0.2) is 9.59 Å². The van der Waals surface area contributed by atoms with Gasteiger partial charge in [-0.1, -0.05) is 0 Å². The Hall–Kier alpha value is -2.38. The summed E-state index contributed by atoms with van der Waals surface area (Å²) in [6.07, 6.45) is 1.87. The molecule has 1 atom stereocenters. The van der Waals surface area contributed by atoms with Gasteiger partial charge >= 0.3 is 12.1 Å². The van der Waals surface area contributed by atoms with Gasteiger partial charge in [0.1, 0.15) is 5.60 Å². The molecule has 0 aromatic heterocycles. The molecule has 0 bridgehead atoms.